The third kappa shape index (κ3) is 10.7. The Kier molecular flexibility index (Phi) is 14.6. The maximum atomic E-state index is 15.0. The SMILES string of the molecule is COc1ccc2c(O[C@@H]3C[C@H]4C(=O)C[C@]5(P(=O)(O)Cc6c(F)cccc6F)C[C@@H]5CCCCCCCC(CC(=O)CC(C)(C)C)C(=O)N4C3)cc(-c3csc(NC(C)C)n3)nc2c1Cl. The van der Waals surface area contributed by atoms with Crippen molar-refractivity contribution in [1.82, 2.24) is 14.9 Å². The van der Waals surface area contributed by atoms with Crippen LogP contribution in [0.25, 0.3) is 22.3 Å². The lowest BCUT2D eigenvalue weighted by Gasteiger charge is -2.30. The Morgan fingerprint density at radius 1 is 1.05 bits per heavy atom. The molecular weight excluding hydrogens is 881 g/mol. The molecule has 2 N–H and O–H groups in total. The van der Waals surface area contributed by atoms with Crippen LogP contribution in [-0.2, 0) is 25.1 Å². The molecule has 0 radical (unpaired) electrons. The molecule has 346 valence electrons. The van der Waals surface area contributed by atoms with E-state index < -0.39 is 59.7 Å². The van der Waals surface area contributed by atoms with Crippen LogP contribution in [0.3, 0.4) is 0 Å². The summed E-state index contributed by atoms with van der Waals surface area (Å²) in [6, 6.07) is 7.69. The number of methoxy groups -OCH3 is 1. The Balaban J connectivity index is 1.26. The maximum Gasteiger partial charge on any atom is 0.226 e. The highest BCUT2D eigenvalue weighted by Crippen LogP contribution is 2.75. The van der Waals surface area contributed by atoms with Crippen LogP contribution in [0.2, 0.25) is 5.02 Å². The molecule has 0 spiro atoms. The number of ketones is 2. The van der Waals surface area contributed by atoms with Crippen molar-refractivity contribution in [3.05, 3.63) is 64.0 Å². The number of ether oxygens (including phenoxy) is 2. The van der Waals surface area contributed by atoms with Crippen molar-refractivity contribution in [2.45, 2.75) is 141 Å². The van der Waals surface area contributed by atoms with Gasteiger partial charge in [0.15, 0.2) is 10.9 Å². The number of fused-ring (bicyclic) bond motifs is 3. The Hall–Kier alpha value is -3.97. The number of rotatable bonds is 12. The van der Waals surface area contributed by atoms with Crippen LogP contribution in [0.5, 0.6) is 11.5 Å². The number of carbonyl (C=O) groups is 3. The number of anilines is 1. The van der Waals surface area contributed by atoms with Gasteiger partial charge in [-0.3, -0.25) is 18.9 Å². The third-order valence-corrected chi connectivity index (χ3v) is 16.9. The Morgan fingerprint density at radius 2 is 1.75 bits per heavy atom. The fourth-order valence-electron chi connectivity index (χ4n) is 9.69. The molecule has 2 aromatic carbocycles. The van der Waals surface area contributed by atoms with Gasteiger partial charge in [0.05, 0.1) is 42.2 Å². The molecule has 6 atom stereocenters. The quantitative estimate of drug-likeness (QED) is 0.132. The molecule has 4 heterocycles. The number of amides is 1. The molecule has 4 aromatic rings. The summed E-state index contributed by atoms with van der Waals surface area (Å²) in [4.78, 5) is 66.5. The van der Waals surface area contributed by atoms with E-state index in [2.05, 4.69) is 5.32 Å². The van der Waals surface area contributed by atoms with Gasteiger partial charge >= 0.3 is 0 Å². The second-order valence-electron chi connectivity index (χ2n) is 19.5. The summed E-state index contributed by atoms with van der Waals surface area (Å²) in [6.07, 6.45) is 3.97. The zero-order valence-corrected chi connectivity index (χ0v) is 40.0. The van der Waals surface area contributed by atoms with E-state index in [4.69, 9.17) is 31.0 Å². The first-order valence-electron chi connectivity index (χ1n) is 22.4. The molecule has 3 aliphatic rings. The van der Waals surface area contributed by atoms with Gasteiger partial charge < -0.3 is 24.6 Å². The second-order valence-corrected chi connectivity index (χ2v) is 23.4. The van der Waals surface area contributed by atoms with Gasteiger partial charge in [0.25, 0.3) is 0 Å². The molecule has 0 bridgehead atoms. The van der Waals surface area contributed by atoms with E-state index in [9.17, 15) is 32.6 Å². The standard InChI is InChI=1S/C48H60ClF2N4O7PS/c1-28(2)52-46-54-38(27-64-46)37-21-42(33-17-18-41(61-6)43(49)44(33)53-37)62-32-20-39-40(57)24-48(63(59,60)26-34-35(50)15-12-16-36(34)51)22-30(48)14-11-9-7-8-10-13-29(45(58)55(39)25-32)19-31(56)23-47(3,4)5/h12,15-18,21,27-30,32,39H,7-11,13-14,19-20,22-26H2,1-6H3,(H,52,54)(H,59,60)/t29?,30-,32+,39-,48+/m0/s1. The van der Waals surface area contributed by atoms with E-state index in [1.165, 1.54) is 29.4 Å². The fraction of sp³-hybridized carbons (Fsp3) is 0.562. The number of benzene rings is 2. The third-order valence-electron chi connectivity index (χ3n) is 12.9. The molecule has 64 heavy (non-hydrogen) atoms. The van der Waals surface area contributed by atoms with Crippen LogP contribution >= 0.6 is 30.3 Å². The van der Waals surface area contributed by atoms with E-state index >= 15 is 0 Å². The average molecular weight is 942 g/mol. The maximum absolute atomic E-state index is 15.0. The number of aromatic nitrogens is 2. The van der Waals surface area contributed by atoms with Crippen LogP contribution < -0.4 is 14.8 Å². The van der Waals surface area contributed by atoms with Crippen molar-refractivity contribution in [2.24, 2.45) is 17.3 Å². The van der Waals surface area contributed by atoms with Gasteiger partial charge in [-0.2, -0.15) is 0 Å². The molecule has 3 fully saturated rings. The predicted octanol–water partition coefficient (Wildman–Crippen LogP) is 11.4. The number of hydrogen-bond acceptors (Lipinski definition) is 10. The molecule has 7 rings (SSSR count). The minimum Gasteiger partial charge on any atom is -0.495 e. The lowest BCUT2D eigenvalue weighted by molar-refractivity contribution is -0.143. The number of halogens is 3. The summed E-state index contributed by atoms with van der Waals surface area (Å²) in [5, 5.41) is 5.33. The number of thiazole rings is 1. The Morgan fingerprint density at radius 3 is 2.44 bits per heavy atom. The number of carbonyl (C=O) groups excluding carboxylic acids is 3. The summed E-state index contributed by atoms with van der Waals surface area (Å²) in [5.41, 5.74) is 0.712. The molecule has 16 heteroatoms. The predicted molar refractivity (Wildman–Crippen MR) is 248 cm³/mol. The van der Waals surface area contributed by atoms with Gasteiger partial charge in [-0.15, -0.1) is 11.3 Å². The Bertz CT molecular complexity index is 2420. The van der Waals surface area contributed by atoms with Gasteiger partial charge in [0.1, 0.15) is 45.7 Å². The molecule has 2 unspecified atom stereocenters. The van der Waals surface area contributed by atoms with Gasteiger partial charge in [0.2, 0.25) is 13.3 Å². The minimum atomic E-state index is -4.42. The summed E-state index contributed by atoms with van der Waals surface area (Å²) < 4.78 is 56.9. The smallest absolute Gasteiger partial charge is 0.226 e. The molecule has 2 aliphatic heterocycles. The van der Waals surface area contributed by atoms with Crippen molar-refractivity contribution in [3.63, 3.8) is 0 Å². The van der Waals surface area contributed by atoms with E-state index in [1.54, 1.807) is 18.2 Å². The van der Waals surface area contributed by atoms with Crippen LogP contribution in [0.4, 0.5) is 13.9 Å². The van der Waals surface area contributed by atoms with E-state index in [0.717, 1.165) is 44.2 Å². The van der Waals surface area contributed by atoms with E-state index in [-0.39, 0.29) is 66.3 Å². The number of nitrogens with zero attached hydrogens (tertiary/aromatic N) is 3. The first-order chi connectivity index (χ1) is 30.3. The second kappa shape index (κ2) is 19.5. The molecule has 2 aromatic heterocycles. The lowest BCUT2D eigenvalue weighted by Crippen LogP contribution is -2.45. The number of nitrogens with one attached hydrogen (secondary N) is 1. The summed E-state index contributed by atoms with van der Waals surface area (Å²) in [7, 11) is -2.91. The summed E-state index contributed by atoms with van der Waals surface area (Å²) in [5.74, 6) is -2.79. The van der Waals surface area contributed by atoms with Crippen molar-refractivity contribution in [3.8, 4) is 22.9 Å². The number of hydrogen-bond donors (Lipinski definition) is 2. The first kappa shape index (κ1) is 48.0. The zero-order valence-electron chi connectivity index (χ0n) is 37.6. The van der Waals surface area contributed by atoms with Crippen molar-refractivity contribution < 1.29 is 42.1 Å². The van der Waals surface area contributed by atoms with Crippen molar-refractivity contribution in [1.29, 1.82) is 0 Å². The van der Waals surface area contributed by atoms with Crippen LogP contribution in [0.15, 0.2) is 41.8 Å². The summed E-state index contributed by atoms with van der Waals surface area (Å²) >= 11 is 8.31. The molecular formula is C48H60ClF2N4O7PS. The van der Waals surface area contributed by atoms with Gasteiger partial charge in [-0.25, -0.2) is 18.7 Å². The van der Waals surface area contributed by atoms with Crippen LogP contribution in [-0.4, -0.2) is 74.2 Å². The minimum absolute atomic E-state index is 0.00898. The molecule has 1 aliphatic carbocycles. The largest absolute Gasteiger partial charge is 0.495 e. The first-order valence-corrected chi connectivity index (χ1v) is 25.6. The molecule has 11 nitrogen and oxygen atoms in total. The topological polar surface area (TPSA) is 148 Å². The van der Waals surface area contributed by atoms with Crippen molar-refractivity contribution in [2.75, 3.05) is 19.0 Å². The fourth-order valence-corrected chi connectivity index (χ4v) is 13.5. The van der Waals surface area contributed by atoms with E-state index in [1.807, 2.05) is 40.0 Å². The molecule has 2 saturated heterocycles. The number of Topliss-reactive ketones (excluding diaryl/α,β-unsaturated/α-hetero) is 2. The summed E-state index contributed by atoms with van der Waals surface area (Å²) in [6.45, 7) is 9.99. The molecule has 1 saturated carbocycles. The molecule has 1 amide bonds. The van der Waals surface area contributed by atoms with E-state index in [0.29, 0.717) is 58.2 Å². The average Bonchev–Trinajstić information content (AvgIpc) is 3.49. The zero-order chi connectivity index (χ0) is 46.1. The van der Waals surface area contributed by atoms with Crippen LogP contribution in [0, 0.1) is 28.9 Å². The highest BCUT2D eigenvalue weighted by Gasteiger charge is 2.66. The Labute approximate surface area is 383 Å². The highest BCUT2D eigenvalue weighted by atomic mass is 35.5. The van der Waals surface area contributed by atoms with Gasteiger partial charge in [-0.05, 0) is 68.7 Å². The normalized spacial score (nSPS) is 24.4. The lowest BCUT2D eigenvalue weighted by atomic mass is 9.85. The van der Waals surface area contributed by atoms with Gasteiger partial charge in [-0.1, -0.05) is 70.5 Å². The van der Waals surface area contributed by atoms with Crippen molar-refractivity contribution >= 4 is 63.8 Å². The number of pyridine rings is 1. The monoisotopic (exact) mass is 940 g/mol. The van der Waals surface area contributed by atoms with Gasteiger partial charge in [0, 0.05) is 60.0 Å². The highest BCUT2D eigenvalue weighted by molar-refractivity contribution is 7.59. The van der Waals surface area contributed by atoms with Crippen LogP contribution in [0.1, 0.15) is 117 Å².